The molecule has 0 radical (unpaired) electrons. The molecule has 34 heavy (non-hydrogen) atoms. The number of nitrogens with one attached hydrogen (secondary N) is 1. The maximum absolute atomic E-state index is 12.8. The molecule has 1 saturated carbocycles. The molecule has 0 spiro atoms. The van der Waals surface area contributed by atoms with E-state index in [1.54, 1.807) is 36.9 Å². The summed E-state index contributed by atoms with van der Waals surface area (Å²) in [7, 11) is -2.07. The minimum Gasteiger partial charge on any atom is -0.488 e. The lowest BCUT2D eigenvalue weighted by Gasteiger charge is -2.16. The number of para-hydroxylation sites is 1. The Hall–Kier alpha value is -3.14. The Kier molecular flexibility index (Phi) is 7.06. The van der Waals surface area contributed by atoms with Gasteiger partial charge in [-0.25, -0.2) is 19.7 Å². The van der Waals surface area contributed by atoms with E-state index in [-0.39, 0.29) is 18.6 Å². The van der Waals surface area contributed by atoms with Gasteiger partial charge in [0, 0.05) is 6.42 Å². The van der Waals surface area contributed by atoms with Crippen molar-refractivity contribution in [2.75, 3.05) is 12.1 Å². The Morgan fingerprint density at radius 2 is 2.03 bits per heavy atom. The Bertz CT molecular complexity index is 1170. The molecule has 1 aliphatic rings. The molecule has 4 atom stereocenters. The molecule has 1 aliphatic carbocycles. The molecule has 0 saturated heterocycles. The average Bonchev–Trinajstić information content (AvgIpc) is 3.32. The number of imidazole rings is 1. The number of hydrogen-bond acceptors (Lipinski definition) is 9. The van der Waals surface area contributed by atoms with Crippen molar-refractivity contribution in [3.63, 3.8) is 0 Å². The van der Waals surface area contributed by atoms with Gasteiger partial charge < -0.3 is 24.5 Å². The minimum absolute atomic E-state index is 0.0883. The number of nitrogen functional groups attached to an aromatic ring is 1. The van der Waals surface area contributed by atoms with Crippen LogP contribution >= 0.6 is 7.95 Å². The smallest absolute Gasteiger partial charge is 0.462 e. The van der Waals surface area contributed by atoms with Crippen molar-refractivity contribution in [1.82, 2.24) is 24.6 Å². The molecule has 0 bridgehead atoms. The van der Waals surface area contributed by atoms with E-state index in [0.29, 0.717) is 35.7 Å². The Morgan fingerprint density at radius 1 is 1.26 bits per heavy atom. The van der Waals surface area contributed by atoms with Gasteiger partial charge in [0.1, 0.15) is 23.7 Å². The van der Waals surface area contributed by atoms with Gasteiger partial charge in [-0.05, 0) is 37.5 Å². The highest BCUT2D eigenvalue weighted by Crippen LogP contribution is 2.44. The van der Waals surface area contributed by atoms with Crippen molar-refractivity contribution in [2.24, 2.45) is 0 Å². The lowest BCUT2D eigenvalue weighted by atomic mass is 10.3. The standard InChI is InChI=1S/C22H28N6O5P/c1-14(2)32-21(29)22(9-17(22)33-16-7-5-4-6-8-16)27-34(30)13-31-15(3)10-28-12-26-18-19(23)24-11-25-20(18)28/h4-8,11-12,14-15,17H,9-10,13H2,1-3H3,(H,27,30)(H2,23,24,25)/q+1. The van der Waals surface area contributed by atoms with Crippen LogP contribution in [0.4, 0.5) is 5.82 Å². The van der Waals surface area contributed by atoms with E-state index in [0.717, 1.165) is 0 Å². The number of rotatable bonds is 11. The van der Waals surface area contributed by atoms with Crippen LogP contribution < -0.4 is 15.6 Å². The van der Waals surface area contributed by atoms with Crippen molar-refractivity contribution in [1.29, 1.82) is 0 Å². The van der Waals surface area contributed by atoms with E-state index in [9.17, 15) is 9.36 Å². The topological polar surface area (TPSA) is 143 Å². The number of carbonyl (C=O) groups is 1. The number of carbonyl (C=O) groups excluding carboxylic acids is 1. The van der Waals surface area contributed by atoms with Gasteiger partial charge >= 0.3 is 13.9 Å². The van der Waals surface area contributed by atoms with Crippen molar-refractivity contribution in [3.05, 3.63) is 43.0 Å². The van der Waals surface area contributed by atoms with Crippen LogP contribution in [0.2, 0.25) is 0 Å². The van der Waals surface area contributed by atoms with Crippen LogP contribution in [0.5, 0.6) is 5.75 Å². The van der Waals surface area contributed by atoms with Crippen LogP contribution in [0.25, 0.3) is 11.2 Å². The molecule has 0 amide bonds. The molecule has 11 nitrogen and oxygen atoms in total. The Balaban J connectivity index is 1.35. The lowest BCUT2D eigenvalue weighted by molar-refractivity contribution is -0.151. The second kappa shape index (κ2) is 10.0. The van der Waals surface area contributed by atoms with Crippen LogP contribution in [0.15, 0.2) is 43.0 Å². The molecule has 4 rings (SSSR count). The van der Waals surface area contributed by atoms with E-state index < -0.39 is 25.6 Å². The predicted octanol–water partition coefficient (Wildman–Crippen LogP) is 2.64. The Labute approximate surface area is 197 Å². The van der Waals surface area contributed by atoms with Gasteiger partial charge in [0.15, 0.2) is 17.0 Å². The van der Waals surface area contributed by atoms with E-state index in [1.807, 2.05) is 25.1 Å². The van der Waals surface area contributed by atoms with Crippen molar-refractivity contribution >= 4 is 30.9 Å². The molecular weight excluding hydrogens is 459 g/mol. The first-order chi connectivity index (χ1) is 16.3. The first kappa shape index (κ1) is 24.0. The molecule has 1 aromatic carbocycles. The monoisotopic (exact) mass is 487 g/mol. The molecule has 1 fully saturated rings. The van der Waals surface area contributed by atoms with Crippen molar-refractivity contribution in [2.45, 2.75) is 57.6 Å². The first-order valence-electron chi connectivity index (χ1n) is 11.0. The number of fused-ring (bicyclic) bond motifs is 1. The first-order valence-corrected chi connectivity index (χ1v) is 12.4. The number of anilines is 1. The fourth-order valence-corrected chi connectivity index (χ4v) is 4.77. The van der Waals surface area contributed by atoms with Gasteiger partial charge in [-0.3, -0.25) is 0 Å². The Morgan fingerprint density at radius 3 is 2.76 bits per heavy atom. The molecule has 3 N–H and O–H groups in total. The summed E-state index contributed by atoms with van der Waals surface area (Å²) < 4.78 is 31.8. The third-order valence-corrected chi connectivity index (χ3v) is 6.34. The van der Waals surface area contributed by atoms with Crippen molar-refractivity contribution < 1.29 is 23.6 Å². The lowest BCUT2D eigenvalue weighted by Crippen LogP contribution is -2.42. The molecule has 2 heterocycles. The van der Waals surface area contributed by atoms with Gasteiger partial charge in [0.05, 0.1) is 25.1 Å². The number of benzene rings is 1. The van der Waals surface area contributed by atoms with Gasteiger partial charge in [0.2, 0.25) is 0 Å². The summed E-state index contributed by atoms with van der Waals surface area (Å²) in [6.07, 6.45) is 2.16. The van der Waals surface area contributed by atoms with Gasteiger partial charge in [-0.1, -0.05) is 23.3 Å². The van der Waals surface area contributed by atoms with E-state index >= 15 is 0 Å². The molecule has 180 valence electrons. The maximum Gasteiger partial charge on any atom is 0.462 e. The van der Waals surface area contributed by atoms with E-state index in [1.165, 1.54) is 6.33 Å². The number of ether oxygens (including phenoxy) is 3. The molecule has 3 aromatic rings. The SMILES string of the molecule is CC(C)OC(=O)C1(N[P+](=O)COC(C)Cn2cnc3c(N)ncnc32)CC1Oc1ccccc1. The second-order valence-corrected chi connectivity index (χ2v) is 9.71. The fourth-order valence-electron chi connectivity index (χ4n) is 3.55. The summed E-state index contributed by atoms with van der Waals surface area (Å²) in [5.41, 5.74) is 5.77. The number of nitrogens with two attached hydrogens (primary N) is 1. The zero-order chi connectivity index (χ0) is 24.3. The van der Waals surface area contributed by atoms with E-state index in [2.05, 4.69) is 20.0 Å². The number of esters is 1. The second-order valence-electron chi connectivity index (χ2n) is 8.47. The fraction of sp³-hybridized carbons (Fsp3) is 0.455. The predicted molar refractivity (Wildman–Crippen MR) is 125 cm³/mol. The number of hydrogen-bond donors (Lipinski definition) is 2. The molecular formula is C22H28N6O5P+. The summed E-state index contributed by atoms with van der Waals surface area (Å²) in [4.78, 5) is 25.2. The summed E-state index contributed by atoms with van der Waals surface area (Å²) >= 11 is 0. The quantitative estimate of drug-likeness (QED) is 0.306. The van der Waals surface area contributed by atoms with Crippen LogP contribution in [0, 0.1) is 0 Å². The van der Waals surface area contributed by atoms with Crippen LogP contribution in [-0.2, 0) is 25.4 Å². The highest BCUT2D eigenvalue weighted by atomic mass is 31.1. The highest BCUT2D eigenvalue weighted by molar-refractivity contribution is 7.42. The largest absolute Gasteiger partial charge is 0.488 e. The zero-order valence-corrected chi connectivity index (χ0v) is 20.1. The molecule has 4 unspecified atom stereocenters. The average molecular weight is 487 g/mol. The summed E-state index contributed by atoms with van der Waals surface area (Å²) in [5.74, 6) is 0.451. The molecule has 2 aromatic heterocycles. The summed E-state index contributed by atoms with van der Waals surface area (Å²) in [6, 6.07) is 9.18. The number of nitrogens with zero attached hydrogens (tertiary/aromatic N) is 4. The molecule has 12 heteroatoms. The van der Waals surface area contributed by atoms with Gasteiger partial charge in [0.25, 0.3) is 6.35 Å². The van der Waals surface area contributed by atoms with Crippen LogP contribution in [0.3, 0.4) is 0 Å². The number of aromatic nitrogens is 4. The maximum atomic E-state index is 12.8. The van der Waals surface area contributed by atoms with Crippen molar-refractivity contribution in [3.8, 4) is 5.75 Å². The minimum atomic E-state index is -2.07. The zero-order valence-electron chi connectivity index (χ0n) is 19.2. The van der Waals surface area contributed by atoms with E-state index in [4.69, 9.17) is 19.9 Å². The highest BCUT2D eigenvalue weighted by Gasteiger charge is 2.68. The summed E-state index contributed by atoms with van der Waals surface area (Å²) in [6.45, 7) is 5.81. The third-order valence-electron chi connectivity index (χ3n) is 5.31. The normalized spacial score (nSPS) is 20.8. The molecule has 0 aliphatic heterocycles. The van der Waals surface area contributed by atoms with Crippen LogP contribution in [0.1, 0.15) is 27.2 Å². The van der Waals surface area contributed by atoms with Gasteiger partial charge in [-0.15, -0.1) is 0 Å². The summed E-state index contributed by atoms with van der Waals surface area (Å²) in [5, 5.41) is 2.92. The van der Waals surface area contributed by atoms with Crippen LogP contribution in [-0.4, -0.2) is 55.7 Å². The third kappa shape index (κ3) is 5.32. The van der Waals surface area contributed by atoms with Gasteiger partial charge in [-0.2, -0.15) is 0 Å².